The fourth-order valence-electron chi connectivity index (χ4n) is 5.44. The van der Waals surface area contributed by atoms with Crippen molar-refractivity contribution >= 4 is 0 Å². The number of hydrogen-bond acceptors (Lipinski definition) is 4. The number of hydrogen-bond donors (Lipinski definition) is 0. The molecular weight excluding hydrogens is 370 g/mol. The molecule has 1 saturated heterocycles. The minimum Gasteiger partial charge on any atom is -0.300 e. The van der Waals surface area contributed by atoms with Crippen LogP contribution in [0.4, 0.5) is 0 Å². The Labute approximate surface area is 182 Å². The van der Waals surface area contributed by atoms with E-state index in [0.29, 0.717) is 0 Å². The first kappa shape index (κ1) is 21.5. The minimum atomic E-state index is 0.763. The van der Waals surface area contributed by atoms with Crippen LogP contribution in [0.5, 0.6) is 0 Å². The summed E-state index contributed by atoms with van der Waals surface area (Å²) in [6, 6.07) is 5.11. The van der Waals surface area contributed by atoms with E-state index in [4.69, 9.17) is 0 Å². The molecule has 2 aromatic heterocycles. The molecule has 1 saturated carbocycles. The molecule has 1 unspecified atom stereocenters. The summed E-state index contributed by atoms with van der Waals surface area (Å²) in [4.78, 5) is 9.81. The maximum atomic E-state index is 4.68. The summed E-state index contributed by atoms with van der Waals surface area (Å²) in [5.74, 6) is 0.763. The molecule has 0 spiro atoms. The predicted molar refractivity (Wildman–Crippen MR) is 122 cm³/mol. The molecule has 30 heavy (non-hydrogen) atoms. The van der Waals surface area contributed by atoms with Gasteiger partial charge in [-0.1, -0.05) is 25.3 Å². The summed E-state index contributed by atoms with van der Waals surface area (Å²) in [6.07, 6.45) is 16.0. The predicted octanol–water partition coefficient (Wildman–Crippen LogP) is 4.65. The van der Waals surface area contributed by atoms with Gasteiger partial charge in [0, 0.05) is 62.9 Å². The van der Waals surface area contributed by atoms with E-state index in [2.05, 4.69) is 56.7 Å². The van der Waals surface area contributed by atoms with Crippen LogP contribution in [0.1, 0.15) is 68.7 Å². The molecule has 0 radical (unpaired) electrons. The second-order valence-electron chi connectivity index (χ2n) is 9.42. The molecule has 0 bridgehead atoms. The molecule has 2 aromatic rings. The molecule has 164 valence electrons. The van der Waals surface area contributed by atoms with Gasteiger partial charge in [-0.15, -0.1) is 0 Å². The zero-order valence-electron chi connectivity index (χ0n) is 19.0. The van der Waals surface area contributed by atoms with Crippen molar-refractivity contribution in [3.8, 4) is 0 Å². The number of pyridine rings is 1. The van der Waals surface area contributed by atoms with Crippen LogP contribution in [0.3, 0.4) is 0 Å². The number of likely N-dealkylation sites (tertiary alicyclic amines) is 1. The Hall–Kier alpha value is -1.72. The monoisotopic (exact) mass is 409 g/mol. The molecule has 1 aliphatic heterocycles. The van der Waals surface area contributed by atoms with E-state index in [1.54, 1.807) is 0 Å². The molecule has 1 atom stereocenters. The van der Waals surface area contributed by atoms with Gasteiger partial charge in [-0.3, -0.25) is 14.6 Å². The summed E-state index contributed by atoms with van der Waals surface area (Å²) in [5, 5.41) is 4.68. The van der Waals surface area contributed by atoms with Crippen LogP contribution >= 0.6 is 0 Å². The van der Waals surface area contributed by atoms with Crippen molar-refractivity contribution in [3.63, 3.8) is 0 Å². The highest BCUT2D eigenvalue weighted by atomic mass is 15.3. The lowest BCUT2D eigenvalue weighted by molar-refractivity contribution is 0.0771. The Kier molecular flexibility index (Phi) is 7.56. The van der Waals surface area contributed by atoms with E-state index >= 15 is 0 Å². The average molecular weight is 410 g/mol. The van der Waals surface area contributed by atoms with Gasteiger partial charge in [0.1, 0.15) is 0 Å². The number of piperidine rings is 1. The van der Waals surface area contributed by atoms with Crippen molar-refractivity contribution < 1.29 is 0 Å². The number of aromatic nitrogens is 3. The third-order valence-electron chi connectivity index (χ3n) is 7.05. The summed E-state index contributed by atoms with van der Waals surface area (Å²) < 4.78 is 2.07. The first-order chi connectivity index (χ1) is 14.7. The number of aryl methyl sites for hydroxylation is 2. The topological polar surface area (TPSA) is 37.2 Å². The molecule has 2 fully saturated rings. The Morgan fingerprint density at radius 1 is 1.10 bits per heavy atom. The van der Waals surface area contributed by atoms with Crippen molar-refractivity contribution in [1.82, 2.24) is 24.6 Å². The zero-order valence-corrected chi connectivity index (χ0v) is 19.0. The Balaban J connectivity index is 1.43. The van der Waals surface area contributed by atoms with Gasteiger partial charge < -0.3 is 4.90 Å². The first-order valence-electron chi connectivity index (χ1n) is 12.1. The van der Waals surface area contributed by atoms with Crippen LogP contribution in [0, 0.1) is 12.8 Å². The summed E-state index contributed by atoms with van der Waals surface area (Å²) in [6.45, 7) is 10.9. The third-order valence-corrected chi connectivity index (χ3v) is 7.05. The van der Waals surface area contributed by atoms with Gasteiger partial charge in [0.2, 0.25) is 0 Å². The molecule has 0 amide bonds. The maximum Gasteiger partial charge on any atom is 0.0638 e. The lowest BCUT2D eigenvalue weighted by Gasteiger charge is -2.41. The summed E-state index contributed by atoms with van der Waals surface area (Å²) in [5.41, 5.74) is 3.83. The Bertz CT molecular complexity index is 765. The fourth-order valence-corrected chi connectivity index (χ4v) is 5.44. The largest absolute Gasteiger partial charge is 0.300 e. The number of nitrogens with zero attached hydrogens (tertiary/aromatic N) is 5. The first-order valence-corrected chi connectivity index (χ1v) is 12.1. The molecule has 0 aromatic carbocycles. The highest BCUT2D eigenvalue weighted by molar-refractivity contribution is 5.16. The molecule has 3 heterocycles. The van der Waals surface area contributed by atoms with Crippen LogP contribution < -0.4 is 0 Å². The van der Waals surface area contributed by atoms with Gasteiger partial charge >= 0.3 is 0 Å². The van der Waals surface area contributed by atoms with Crippen LogP contribution in [0.25, 0.3) is 0 Å². The van der Waals surface area contributed by atoms with Crippen molar-refractivity contribution in [1.29, 1.82) is 0 Å². The highest BCUT2D eigenvalue weighted by Crippen LogP contribution is 2.28. The summed E-state index contributed by atoms with van der Waals surface area (Å²) >= 11 is 0. The van der Waals surface area contributed by atoms with Gasteiger partial charge in [-0.2, -0.15) is 5.10 Å². The normalized spacial score (nSPS) is 21.4. The van der Waals surface area contributed by atoms with Gasteiger partial charge in [0.15, 0.2) is 0 Å². The molecule has 5 heteroatoms. The number of rotatable bonds is 8. The second kappa shape index (κ2) is 10.5. The average Bonchev–Trinajstić information content (AvgIpc) is 3.14. The van der Waals surface area contributed by atoms with Gasteiger partial charge in [0.05, 0.1) is 5.69 Å². The highest BCUT2D eigenvalue weighted by Gasteiger charge is 2.28. The van der Waals surface area contributed by atoms with E-state index in [1.807, 2.05) is 12.4 Å². The standard InChI is InChI=1S/C25H39N5/c1-3-30-20-24(21(2)27-30)19-28(16-22-9-7-13-26-15-22)17-23-10-8-14-29(18-23)25-11-5-4-6-12-25/h7,9,13,15,20,23,25H,3-6,8,10-12,14,16-19H2,1-2H3. The van der Waals surface area contributed by atoms with E-state index in [9.17, 15) is 0 Å². The molecule has 5 nitrogen and oxygen atoms in total. The Morgan fingerprint density at radius 3 is 2.70 bits per heavy atom. The second-order valence-corrected chi connectivity index (χ2v) is 9.42. The van der Waals surface area contributed by atoms with Crippen molar-refractivity contribution in [2.75, 3.05) is 19.6 Å². The van der Waals surface area contributed by atoms with Crippen LogP contribution in [0.15, 0.2) is 30.7 Å². The van der Waals surface area contributed by atoms with Gasteiger partial charge in [-0.05, 0) is 63.6 Å². The van der Waals surface area contributed by atoms with E-state index < -0.39 is 0 Å². The van der Waals surface area contributed by atoms with Crippen LogP contribution in [0.2, 0.25) is 0 Å². The maximum absolute atomic E-state index is 4.68. The third kappa shape index (κ3) is 5.70. The van der Waals surface area contributed by atoms with Crippen LogP contribution in [-0.4, -0.2) is 50.2 Å². The lowest BCUT2D eigenvalue weighted by Crippen LogP contribution is -2.46. The van der Waals surface area contributed by atoms with Gasteiger partial charge in [0.25, 0.3) is 0 Å². The lowest BCUT2D eigenvalue weighted by atomic mass is 9.90. The molecule has 0 N–H and O–H groups in total. The molecular formula is C25H39N5. The van der Waals surface area contributed by atoms with Crippen LogP contribution in [-0.2, 0) is 19.6 Å². The SMILES string of the molecule is CCn1cc(CN(Cc2cccnc2)CC2CCCN(C3CCCCC3)C2)c(C)n1. The molecule has 4 rings (SSSR count). The fraction of sp³-hybridized carbons (Fsp3) is 0.680. The van der Waals surface area contributed by atoms with Gasteiger partial charge in [-0.25, -0.2) is 0 Å². The van der Waals surface area contributed by atoms with Crippen molar-refractivity contribution in [2.24, 2.45) is 5.92 Å². The van der Waals surface area contributed by atoms with Crippen molar-refractivity contribution in [2.45, 2.75) is 84.5 Å². The summed E-state index contributed by atoms with van der Waals surface area (Å²) in [7, 11) is 0. The zero-order chi connectivity index (χ0) is 20.8. The van der Waals surface area contributed by atoms with E-state index in [-0.39, 0.29) is 0 Å². The minimum absolute atomic E-state index is 0.763. The van der Waals surface area contributed by atoms with E-state index in [0.717, 1.165) is 38.1 Å². The quantitative estimate of drug-likeness (QED) is 0.636. The molecule has 2 aliphatic rings. The smallest absolute Gasteiger partial charge is 0.0638 e. The Morgan fingerprint density at radius 2 is 1.97 bits per heavy atom. The molecule has 1 aliphatic carbocycles. The van der Waals surface area contributed by atoms with Crippen molar-refractivity contribution in [3.05, 3.63) is 47.5 Å². The van der Waals surface area contributed by atoms with E-state index in [1.165, 1.54) is 74.9 Å².